The minimum absolute atomic E-state index is 0.0990. The number of carbonyl (C=O) groups is 2. The molecule has 5 rings (SSSR count). The van der Waals surface area contributed by atoms with Gasteiger partial charge in [0.25, 0.3) is 0 Å². The monoisotopic (exact) mass is 388 g/mol. The van der Waals surface area contributed by atoms with Gasteiger partial charge in [0.05, 0.1) is 0 Å². The molecule has 2 heteroatoms. The summed E-state index contributed by atoms with van der Waals surface area (Å²) in [5, 5.41) is 0. The third-order valence-corrected chi connectivity index (χ3v) is 8.98. The molecule has 1 aromatic rings. The van der Waals surface area contributed by atoms with Crippen LogP contribution in [0.5, 0.6) is 0 Å². The maximum absolute atomic E-state index is 12.8. The quantitative estimate of drug-likeness (QED) is 0.649. The van der Waals surface area contributed by atoms with Crippen LogP contribution in [0.2, 0.25) is 0 Å². The lowest BCUT2D eigenvalue weighted by atomic mass is 9.47. The van der Waals surface area contributed by atoms with Gasteiger partial charge in [0.1, 0.15) is 5.78 Å². The fraction of sp³-hybridized carbons (Fsp3) is 0.556. The number of carbonyl (C=O) groups excluding carboxylic acids is 2. The van der Waals surface area contributed by atoms with Gasteiger partial charge in [0, 0.05) is 18.3 Å². The second-order valence-electron chi connectivity index (χ2n) is 10.3. The first-order valence-corrected chi connectivity index (χ1v) is 11.4. The Kier molecular flexibility index (Phi) is 4.46. The zero-order valence-corrected chi connectivity index (χ0v) is 17.7. The summed E-state index contributed by atoms with van der Waals surface area (Å²) >= 11 is 0. The van der Waals surface area contributed by atoms with Gasteiger partial charge < -0.3 is 0 Å². The van der Waals surface area contributed by atoms with E-state index in [1.54, 1.807) is 0 Å². The van der Waals surface area contributed by atoms with Crippen LogP contribution in [0.15, 0.2) is 53.6 Å². The second kappa shape index (κ2) is 6.79. The molecule has 0 N–H and O–H groups in total. The van der Waals surface area contributed by atoms with Crippen molar-refractivity contribution in [3.63, 3.8) is 0 Å². The Bertz CT molecular complexity index is 908. The summed E-state index contributed by atoms with van der Waals surface area (Å²) in [7, 11) is 0. The molecule has 0 radical (unpaired) electrons. The molecule has 0 spiro atoms. The Labute approximate surface area is 174 Å². The summed E-state index contributed by atoms with van der Waals surface area (Å²) < 4.78 is 0. The number of rotatable bonds is 3. The topological polar surface area (TPSA) is 34.1 Å². The third-order valence-electron chi connectivity index (χ3n) is 8.98. The highest BCUT2D eigenvalue weighted by molar-refractivity contribution is 5.92. The van der Waals surface area contributed by atoms with Gasteiger partial charge in [-0.3, -0.25) is 9.59 Å². The van der Waals surface area contributed by atoms with E-state index >= 15 is 0 Å². The number of hydrogen-bond donors (Lipinski definition) is 0. The highest BCUT2D eigenvalue weighted by Gasteiger charge is 2.59. The Balaban J connectivity index is 1.55. The standard InChI is InChI=1S/C27H32O2/c1-26-14-12-21(28)17-20(26)16-19(9-8-18-6-4-3-5-7-18)25-22-10-11-24(29)27(22,2)15-13-23(25)26/h3-7,16-17,22-23,25H,8-15H2,1-2H3/t22-,23-,25-,26-,27-/m0/s1. The molecule has 0 saturated heterocycles. The molecule has 0 bridgehead atoms. The Morgan fingerprint density at radius 3 is 2.41 bits per heavy atom. The van der Waals surface area contributed by atoms with Crippen LogP contribution in [-0.2, 0) is 16.0 Å². The lowest BCUT2D eigenvalue weighted by molar-refractivity contribution is -0.130. The Hall–Kier alpha value is -1.96. The van der Waals surface area contributed by atoms with E-state index in [1.165, 1.54) is 16.7 Å². The van der Waals surface area contributed by atoms with Crippen LogP contribution in [0.25, 0.3) is 0 Å². The zero-order valence-electron chi connectivity index (χ0n) is 17.7. The van der Waals surface area contributed by atoms with Crippen LogP contribution in [0.3, 0.4) is 0 Å². The summed E-state index contributed by atoms with van der Waals surface area (Å²) in [6, 6.07) is 10.7. The fourth-order valence-corrected chi connectivity index (χ4v) is 7.16. The molecule has 2 saturated carbocycles. The van der Waals surface area contributed by atoms with Gasteiger partial charge in [-0.1, -0.05) is 55.8 Å². The molecule has 4 aliphatic carbocycles. The molecule has 0 heterocycles. The van der Waals surface area contributed by atoms with E-state index in [-0.39, 0.29) is 16.6 Å². The largest absolute Gasteiger partial charge is 0.299 e. The van der Waals surface area contributed by atoms with E-state index in [1.807, 2.05) is 6.08 Å². The van der Waals surface area contributed by atoms with Crippen molar-refractivity contribution in [2.24, 2.45) is 28.6 Å². The van der Waals surface area contributed by atoms with Crippen molar-refractivity contribution in [3.05, 3.63) is 59.2 Å². The van der Waals surface area contributed by atoms with Crippen LogP contribution in [0.1, 0.15) is 64.4 Å². The lowest BCUT2D eigenvalue weighted by Gasteiger charge is -2.56. The summed E-state index contributed by atoms with van der Waals surface area (Å²) in [6.45, 7) is 4.64. The van der Waals surface area contributed by atoms with Gasteiger partial charge in [-0.05, 0) is 78.9 Å². The second-order valence-corrected chi connectivity index (χ2v) is 10.3. The van der Waals surface area contributed by atoms with Gasteiger partial charge >= 0.3 is 0 Å². The van der Waals surface area contributed by atoms with E-state index in [2.05, 4.69) is 50.3 Å². The average molecular weight is 389 g/mol. The summed E-state index contributed by atoms with van der Waals surface area (Å²) in [5.74, 6) is 2.33. The van der Waals surface area contributed by atoms with Crippen molar-refractivity contribution in [1.82, 2.24) is 0 Å². The van der Waals surface area contributed by atoms with Crippen LogP contribution in [0, 0.1) is 28.6 Å². The molecule has 4 aliphatic rings. The maximum atomic E-state index is 12.8. The molecule has 29 heavy (non-hydrogen) atoms. The molecule has 0 aliphatic heterocycles. The average Bonchev–Trinajstić information content (AvgIpc) is 3.02. The molecule has 2 fully saturated rings. The normalized spacial score (nSPS) is 38.6. The number of Topliss-reactive ketones (excluding diaryl/α,β-unsaturated/α-hetero) is 1. The molecule has 2 nitrogen and oxygen atoms in total. The molecule has 0 aromatic heterocycles. The number of benzene rings is 1. The lowest BCUT2D eigenvalue weighted by Crippen LogP contribution is -2.50. The van der Waals surface area contributed by atoms with Crippen molar-refractivity contribution in [2.75, 3.05) is 0 Å². The number of allylic oxidation sites excluding steroid dienone is 4. The van der Waals surface area contributed by atoms with Crippen LogP contribution >= 0.6 is 0 Å². The van der Waals surface area contributed by atoms with E-state index < -0.39 is 0 Å². The van der Waals surface area contributed by atoms with Crippen molar-refractivity contribution < 1.29 is 9.59 Å². The minimum Gasteiger partial charge on any atom is -0.299 e. The fourth-order valence-electron chi connectivity index (χ4n) is 7.16. The van der Waals surface area contributed by atoms with Crippen molar-refractivity contribution in [1.29, 1.82) is 0 Å². The van der Waals surface area contributed by atoms with Crippen LogP contribution < -0.4 is 0 Å². The van der Waals surface area contributed by atoms with Gasteiger partial charge in [-0.25, -0.2) is 0 Å². The first-order valence-electron chi connectivity index (χ1n) is 11.4. The third kappa shape index (κ3) is 2.90. The molecule has 152 valence electrons. The van der Waals surface area contributed by atoms with E-state index in [9.17, 15) is 9.59 Å². The smallest absolute Gasteiger partial charge is 0.156 e. The van der Waals surface area contributed by atoms with Crippen LogP contribution in [0.4, 0.5) is 0 Å². The van der Waals surface area contributed by atoms with Gasteiger partial charge in [-0.15, -0.1) is 0 Å². The highest BCUT2D eigenvalue weighted by Crippen LogP contribution is 2.64. The SMILES string of the molecule is C[C@]12CCC(=O)C=C1C=C(CCc1ccccc1)[C@@H]1[C@@H]2CC[C@]2(C)C(=O)CC[C@@H]12. The Morgan fingerprint density at radius 1 is 0.862 bits per heavy atom. The van der Waals surface area contributed by atoms with E-state index in [4.69, 9.17) is 0 Å². The summed E-state index contributed by atoms with van der Waals surface area (Å²) in [6.07, 6.45) is 12.0. The number of ketones is 2. The summed E-state index contributed by atoms with van der Waals surface area (Å²) in [5.41, 5.74) is 4.11. The maximum Gasteiger partial charge on any atom is 0.156 e. The molecule has 5 atom stereocenters. The van der Waals surface area contributed by atoms with Crippen molar-refractivity contribution in [2.45, 2.75) is 65.2 Å². The summed E-state index contributed by atoms with van der Waals surface area (Å²) in [4.78, 5) is 25.1. The van der Waals surface area contributed by atoms with Gasteiger partial charge in [0.2, 0.25) is 0 Å². The van der Waals surface area contributed by atoms with Gasteiger partial charge in [0.15, 0.2) is 5.78 Å². The molecule has 1 aromatic carbocycles. The first kappa shape index (κ1) is 19.0. The first-order chi connectivity index (χ1) is 13.9. The molecular formula is C27H32O2. The molecule has 0 amide bonds. The zero-order chi connectivity index (χ0) is 20.2. The predicted molar refractivity (Wildman–Crippen MR) is 115 cm³/mol. The number of aryl methyl sites for hydroxylation is 1. The van der Waals surface area contributed by atoms with Crippen molar-refractivity contribution in [3.8, 4) is 0 Å². The number of hydrogen-bond acceptors (Lipinski definition) is 2. The van der Waals surface area contributed by atoms with Gasteiger partial charge in [-0.2, -0.15) is 0 Å². The van der Waals surface area contributed by atoms with E-state index in [0.717, 1.165) is 44.9 Å². The molecule has 0 unspecified atom stereocenters. The minimum atomic E-state index is -0.130. The molecular weight excluding hydrogens is 356 g/mol. The Morgan fingerprint density at radius 2 is 1.62 bits per heavy atom. The van der Waals surface area contributed by atoms with Crippen molar-refractivity contribution >= 4 is 11.6 Å². The number of fused-ring (bicyclic) bond motifs is 5. The van der Waals surface area contributed by atoms with E-state index in [0.29, 0.717) is 30.0 Å². The highest BCUT2D eigenvalue weighted by atomic mass is 16.1. The predicted octanol–water partition coefficient (Wildman–Crippen LogP) is 5.87. The van der Waals surface area contributed by atoms with Crippen LogP contribution in [-0.4, -0.2) is 11.6 Å².